The second kappa shape index (κ2) is 3.66. The molecule has 0 bridgehead atoms. The van der Waals surface area contributed by atoms with Gasteiger partial charge in [-0.25, -0.2) is 0 Å². The molecule has 4 rings (SSSR count). The summed E-state index contributed by atoms with van der Waals surface area (Å²) in [5.41, 5.74) is 2.71. The SMILES string of the molecule is Cc1ccc(C2CC23C(=O)c2ccccc2C3=O)cc1. The maximum atomic E-state index is 12.6. The molecule has 2 aromatic rings. The largest absolute Gasteiger partial charge is 0.293 e. The maximum Gasteiger partial charge on any atom is 0.178 e. The molecule has 20 heavy (non-hydrogen) atoms. The van der Waals surface area contributed by atoms with Gasteiger partial charge in [0.2, 0.25) is 0 Å². The fourth-order valence-corrected chi connectivity index (χ4v) is 3.43. The predicted molar refractivity (Wildman–Crippen MR) is 76.1 cm³/mol. The van der Waals surface area contributed by atoms with Gasteiger partial charge in [-0.1, -0.05) is 54.1 Å². The quantitative estimate of drug-likeness (QED) is 0.736. The molecule has 0 aromatic heterocycles. The third-order valence-electron chi connectivity index (χ3n) is 4.67. The number of hydrogen-bond donors (Lipinski definition) is 0. The van der Waals surface area contributed by atoms with Crippen molar-refractivity contribution in [3.05, 3.63) is 70.8 Å². The van der Waals surface area contributed by atoms with Crippen molar-refractivity contribution in [3.63, 3.8) is 0 Å². The van der Waals surface area contributed by atoms with E-state index in [-0.39, 0.29) is 17.5 Å². The number of Topliss-reactive ketones (excluding diaryl/α,β-unsaturated/α-hetero) is 2. The smallest absolute Gasteiger partial charge is 0.178 e. The van der Waals surface area contributed by atoms with E-state index in [0.717, 1.165) is 5.56 Å². The summed E-state index contributed by atoms with van der Waals surface area (Å²) >= 11 is 0. The van der Waals surface area contributed by atoms with Crippen LogP contribution >= 0.6 is 0 Å². The van der Waals surface area contributed by atoms with Crippen molar-refractivity contribution in [3.8, 4) is 0 Å². The monoisotopic (exact) mass is 262 g/mol. The lowest BCUT2D eigenvalue weighted by Crippen LogP contribution is -2.18. The summed E-state index contributed by atoms with van der Waals surface area (Å²) in [5, 5.41) is 0. The van der Waals surface area contributed by atoms with E-state index in [0.29, 0.717) is 17.5 Å². The molecular weight excluding hydrogens is 248 g/mol. The molecule has 0 radical (unpaired) electrons. The van der Waals surface area contributed by atoms with Crippen LogP contribution in [0.25, 0.3) is 0 Å². The molecule has 0 aliphatic heterocycles. The van der Waals surface area contributed by atoms with Crippen LogP contribution in [0.1, 0.15) is 44.2 Å². The van der Waals surface area contributed by atoms with Crippen molar-refractivity contribution < 1.29 is 9.59 Å². The molecule has 1 unspecified atom stereocenters. The molecule has 2 aromatic carbocycles. The number of carbonyl (C=O) groups excluding carboxylic acids is 2. The molecular formula is C18H14O2. The van der Waals surface area contributed by atoms with Crippen LogP contribution in [0.15, 0.2) is 48.5 Å². The summed E-state index contributed by atoms with van der Waals surface area (Å²) in [4.78, 5) is 25.2. The summed E-state index contributed by atoms with van der Waals surface area (Å²) in [6.07, 6.45) is 0.655. The predicted octanol–water partition coefficient (Wildman–Crippen LogP) is 3.55. The Morgan fingerprint density at radius 3 is 2.00 bits per heavy atom. The highest BCUT2D eigenvalue weighted by molar-refractivity contribution is 6.32. The van der Waals surface area contributed by atoms with Crippen molar-refractivity contribution >= 4 is 11.6 Å². The van der Waals surface area contributed by atoms with E-state index in [9.17, 15) is 9.59 Å². The van der Waals surface area contributed by atoms with E-state index in [2.05, 4.69) is 0 Å². The zero-order chi connectivity index (χ0) is 13.9. The second-order valence-electron chi connectivity index (χ2n) is 5.84. The van der Waals surface area contributed by atoms with Crippen molar-refractivity contribution in [1.82, 2.24) is 0 Å². The Morgan fingerprint density at radius 2 is 1.45 bits per heavy atom. The van der Waals surface area contributed by atoms with Crippen LogP contribution in [0.4, 0.5) is 0 Å². The van der Waals surface area contributed by atoms with Crippen LogP contribution in [0.3, 0.4) is 0 Å². The molecule has 98 valence electrons. The summed E-state index contributed by atoms with van der Waals surface area (Å²) in [6.45, 7) is 2.04. The van der Waals surface area contributed by atoms with Gasteiger partial charge in [-0.2, -0.15) is 0 Å². The summed E-state index contributed by atoms with van der Waals surface area (Å²) in [7, 11) is 0. The van der Waals surface area contributed by atoms with E-state index in [1.165, 1.54) is 5.56 Å². The first-order valence-corrected chi connectivity index (χ1v) is 6.90. The molecule has 0 heterocycles. The van der Waals surface area contributed by atoms with Crippen molar-refractivity contribution in [1.29, 1.82) is 0 Å². The van der Waals surface area contributed by atoms with Crippen molar-refractivity contribution in [2.75, 3.05) is 0 Å². The summed E-state index contributed by atoms with van der Waals surface area (Å²) in [5.74, 6) is 0.0860. The van der Waals surface area contributed by atoms with E-state index >= 15 is 0 Å². The molecule has 2 aliphatic carbocycles. The Bertz CT molecular complexity index is 705. The normalized spacial score (nSPS) is 22.1. The first-order valence-electron chi connectivity index (χ1n) is 6.90. The van der Waals surface area contributed by atoms with Crippen LogP contribution in [-0.4, -0.2) is 11.6 Å². The van der Waals surface area contributed by atoms with Crippen LogP contribution < -0.4 is 0 Å². The summed E-state index contributed by atoms with van der Waals surface area (Å²) in [6, 6.07) is 15.4. The van der Waals surface area contributed by atoms with E-state index in [1.807, 2.05) is 43.3 Å². The van der Waals surface area contributed by atoms with Crippen LogP contribution in [-0.2, 0) is 0 Å². The zero-order valence-corrected chi connectivity index (χ0v) is 11.2. The fraction of sp³-hybridized carbons (Fsp3) is 0.222. The Labute approximate surface area is 117 Å². The molecule has 1 spiro atoms. The molecule has 0 N–H and O–H groups in total. The van der Waals surface area contributed by atoms with Crippen molar-refractivity contribution in [2.45, 2.75) is 19.3 Å². The highest BCUT2D eigenvalue weighted by Gasteiger charge is 2.68. The van der Waals surface area contributed by atoms with E-state index in [1.54, 1.807) is 12.1 Å². The number of hydrogen-bond acceptors (Lipinski definition) is 2. The Balaban J connectivity index is 1.77. The topological polar surface area (TPSA) is 34.1 Å². The fourth-order valence-electron chi connectivity index (χ4n) is 3.43. The number of ketones is 2. The van der Waals surface area contributed by atoms with Gasteiger partial charge in [0.05, 0.1) is 0 Å². The number of aryl methyl sites for hydroxylation is 1. The average Bonchev–Trinajstić information content (AvgIpc) is 3.19. The van der Waals surface area contributed by atoms with E-state index in [4.69, 9.17) is 0 Å². The number of carbonyl (C=O) groups is 2. The van der Waals surface area contributed by atoms with E-state index < -0.39 is 5.41 Å². The lowest BCUT2D eigenvalue weighted by Gasteiger charge is -2.06. The van der Waals surface area contributed by atoms with Crippen LogP contribution in [0.2, 0.25) is 0 Å². The van der Waals surface area contributed by atoms with Gasteiger partial charge in [-0.05, 0) is 18.9 Å². The van der Waals surface area contributed by atoms with Gasteiger partial charge < -0.3 is 0 Å². The minimum Gasteiger partial charge on any atom is -0.293 e. The van der Waals surface area contributed by atoms with Gasteiger partial charge in [-0.15, -0.1) is 0 Å². The van der Waals surface area contributed by atoms with Gasteiger partial charge in [0.25, 0.3) is 0 Å². The Kier molecular flexibility index (Phi) is 2.12. The van der Waals surface area contributed by atoms with Crippen molar-refractivity contribution in [2.24, 2.45) is 5.41 Å². The molecule has 1 saturated carbocycles. The standard InChI is InChI=1S/C18H14O2/c1-11-6-8-12(9-7-11)15-10-18(15)16(19)13-4-2-3-5-14(13)17(18)20/h2-9,15H,10H2,1H3. The first-order chi connectivity index (χ1) is 9.64. The molecule has 0 amide bonds. The Morgan fingerprint density at radius 1 is 0.900 bits per heavy atom. The van der Waals surface area contributed by atoms with Gasteiger partial charge in [-0.3, -0.25) is 9.59 Å². The van der Waals surface area contributed by atoms with Gasteiger partial charge in [0.15, 0.2) is 11.6 Å². The van der Waals surface area contributed by atoms with Crippen LogP contribution in [0.5, 0.6) is 0 Å². The molecule has 1 atom stereocenters. The summed E-state index contributed by atoms with van der Waals surface area (Å²) < 4.78 is 0. The van der Waals surface area contributed by atoms with Gasteiger partial charge >= 0.3 is 0 Å². The second-order valence-corrected chi connectivity index (χ2v) is 5.84. The first kappa shape index (κ1) is 11.6. The Hall–Kier alpha value is -2.22. The minimum atomic E-state index is -0.793. The van der Waals surface area contributed by atoms with Gasteiger partial charge in [0.1, 0.15) is 5.41 Å². The molecule has 1 fully saturated rings. The number of benzene rings is 2. The molecule has 2 nitrogen and oxygen atoms in total. The lowest BCUT2D eigenvalue weighted by atomic mass is 9.93. The molecule has 0 saturated heterocycles. The molecule has 2 aliphatic rings. The van der Waals surface area contributed by atoms with Crippen LogP contribution in [0, 0.1) is 12.3 Å². The third kappa shape index (κ3) is 1.29. The van der Waals surface area contributed by atoms with Gasteiger partial charge in [0, 0.05) is 17.0 Å². The molecule has 2 heteroatoms. The average molecular weight is 262 g/mol. The zero-order valence-electron chi connectivity index (χ0n) is 11.2. The maximum absolute atomic E-state index is 12.6. The highest BCUT2D eigenvalue weighted by atomic mass is 16.2. The lowest BCUT2D eigenvalue weighted by molar-refractivity contribution is 0.0809. The third-order valence-corrected chi connectivity index (χ3v) is 4.67. The minimum absolute atomic E-state index is 0.0173. The number of rotatable bonds is 1. The highest BCUT2D eigenvalue weighted by Crippen LogP contribution is 2.65. The number of fused-ring (bicyclic) bond motifs is 1.